The van der Waals surface area contributed by atoms with Gasteiger partial charge in [0.15, 0.2) is 0 Å². The Bertz CT molecular complexity index is 920. The molecule has 5 nitrogen and oxygen atoms in total. The number of unbranched alkanes of at least 4 members (excludes halogenated alkanes) is 9. The average molecular weight is 410 g/mol. The normalized spacial score (nSPS) is 11.3. The number of methoxy groups -OCH3 is 1. The number of fused-ring (bicyclic) bond motifs is 1. The van der Waals surface area contributed by atoms with Crippen molar-refractivity contribution >= 4 is 11.0 Å². The second kappa shape index (κ2) is 11.6. The molecule has 1 N–H and O–H groups in total. The van der Waals surface area contributed by atoms with Crippen LogP contribution in [0.1, 0.15) is 76.7 Å². The molecular weight excluding hydrogens is 374 g/mol. The fourth-order valence-corrected chi connectivity index (χ4v) is 3.83. The number of aryl methyl sites for hydroxylation is 1. The highest BCUT2D eigenvalue weighted by Gasteiger charge is 2.10. The zero-order valence-electron chi connectivity index (χ0n) is 18.4. The van der Waals surface area contributed by atoms with Gasteiger partial charge >= 0.3 is 0 Å². The van der Waals surface area contributed by atoms with Crippen LogP contribution in [0, 0.1) is 0 Å². The molecule has 3 aromatic rings. The summed E-state index contributed by atoms with van der Waals surface area (Å²) in [5.74, 6) is 0.933. The van der Waals surface area contributed by atoms with Gasteiger partial charge in [-0.15, -0.1) is 15.0 Å². The van der Waals surface area contributed by atoms with E-state index in [0.717, 1.165) is 23.2 Å². The van der Waals surface area contributed by atoms with Gasteiger partial charge in [0.05, 0.1) is 7.11 Å². The van der Waals surface area contributed by atoms with Gasteiger partial charge in [0.2, 0.25) is 0 Å². The second-order valence-electron chi connectivity index (χ2n) is 8.10. The van der Waals surface area contributed by atoms with Crippen molar-refractivity contribution < 1.29 is 9.84 Å². The van der Waals surface area contributed by atoms with Gasteiger partial charge in [0, 0.05) is 6.07 Å². The number of ether oxygens (including phenoxy) is 1. The van der Waals surface area contributed by atoms with Gasteiger partial charge in [-0.25, -0.2) is 0 Å². The first-order chi connectivity index (χ1) is 14.7. The molecule has 0 atom stereocenters. The number of hydrogen-bond acceptors (Lipinski definition) is 4. The van der Waals surface area contributed by atoms with E-state index in [4.69, 9.17) is 4.74 Å². The molecule has 0 aliphatic rings. The fourth-order valence-electron chi connectivity index (χ4n) is 3.83. The number of benzene rings is 2. The van der Waals surface area contributed by atoms with E-state index in [9.17, 15) is 5.11 Å². The minimum absolute atomic E-state index is 0.189. The Hall–Kier alpha value is -2.56. The molecule has 0 saturated heterocycles. The molecule has 0 radical (unpaired) electrons. The third-order valence-corrected chi connectivity index (χ3v) is 5.66. The molecule has 162 valence electrons. The summed E-state index contributed by atoms with van der Waals surface area (Å²) >= 11 is 0. The first-order valence-corrected chi connectivity index (χ1v) is 11.4. The molecule has 5 heteroatoms. The van der Waals surface area contributed by atoms with Crippen LogP contribution in [0.2, 0.25) is 0 Å². The summed E-state index contributed by atoms with van der Waals surface area (Å²) < 4.78 is 5.25. The lowest BCUT2D eigenvalue weighted by Gasteiger charge is -2.07. The Morgan fingerprint density at radius 1 is 0.800 bits per heavy atom. The topological polar surface area (TPSA) is 60.2 Å². The lowest BCUT2D eigenvalue weighted by molar-refractivity contribution is 0.415. The first kappa shape index (κ1) is 22.1. The van der Waals surface area contributed by atoms with E-state index in [0.29, 0.717) is 5.69 Å². The van der Waals surface area contributed by atoms with Gasteiger partial charge in [-0.1, -0.05) is 70.8 Å². The monoisotopic (exact) mass is 409 g/mol. The third kappa shape index (κ3) is 6.22. The van der Waals surface area contributed by atoms with Gasteiger partial charge in [0.1, 0.15) is 28.2 Å². The van der Waals surface area contributed by atoms with E-state index in [1.807, 2.05) is 30.3 Å². The Morgan fingerprint density at radius 3 is 2.17 bits per heavy atom. The molecule has 2 aromatic carbocycles. The standard InChI is InChI=1S/C25H35N3O2/c1-3-4-5-6-7-8-9-10-11-12-13-20-14-17-25(29)24(18-20)28-26-22-16-15-21(30-2)19-23(22)27-28/h14-19,29H,3-13H2,1-2H3. The summed E-state index contributed by atoms with van der Waals surface area (Å²) in [6, 6.07) is 11.3. The predicted octanol–water partition coefficient (Wildman–Crippen LogP) is 6.60. The van der Waals surface area contributed by atoms with Gasteiger partial charge in [-0.05, 0) is 42.7 Å². The summed E-state index contributed by atoms with van der Waals surface area (Å²) in [4.78, 5) is 1.52. The molecule has 1 heterocycles. The van der Waals surface area contributed by atoms with Crippen LogP contribution in [0.25, 0.3) is 16.7 Å². The zero-order valence-corrected chi connectivity index (χ0v) is 18.4. The fraction of sp³-hybridized carbons (Fsp3) is 0.520. The third-order valence-electron chi connectivity index (χ3n) is 5.66. The molecule has 0 spiro atoms. The Labute approximate surface area is 180 Å². The lowest BCUT2D eigenvalue weighted by Crippen LogP contribution is -2.00. The first-order valence-electron chi connectivity index (χ1n) is 11.4. The van der Waals surface area contributed by atoms with Crippen LogP contribution in [-0.4, -0.2) is 27.2 Å². The van der Waals surface area contributed by atoms with E-state index in [2.05, 4.69) is 17.1 Å². The number of phenols is 1. The summed E-state index contributed by atoms with van der Waals surface area (Å²) in [6.45, 7) is 2.27. The molecule has 30 heavy (non-hydrogen) atoms. The van der Waals surface area contributed by atoms with Crippen LogP contribution < -0.4 is 4.74 Å². The molecule has 0 saturated carbocycles. The maximum absolute atomic E-state index is 10.3. The summed E-state index contributed by atoms with van der Waals surface area (Å²) in [5.41, 5.74) is 3.35. The molecule has 0 aliphatic carbocycles. The minimum atomic E-state index is 0.189. The van der Waals surface area contributed by atoms with Gasteiger partial charge in [-0.3, -0.25) is 0 Å². The van der Waals surface area contributed by atoms with E-state index >= 15 is 0 Å². The largest absolute Gasteiger partial charge is 0.506 e. The van der Waals surface area contributed by atoms with Crippen molar-refractivity contribution in [3.05, 3.63) is 42.0 Å². The quantitative estimate of drug-likeness (QED) is 0.323. The summed E-state index contributed by atoms with van der Waals surface area (Å²) in [5, 5.41) is 19.4. The molecular formula is C25H35N3O2. The molecule has 0 unspecified atom stereocenters. The highest BCUT2D eigenvalue weighted by atomic mass is 16.5. The van der Waals surface area contributed by atoms with E-state index in [1.54, 1.807) is 13.2 Å². The van der Waals surface area contributed by atoms with Crippen LogP contribution in [0.5, 0.6) is 11.5 Å². The van der Waals surface area contributed by atoms with Gasteiger partial charge in [-0.2, -0.15) is 0 Å². The number of rotatable bonds is 13. The van der Waals surface area contributed by atoms with E-state index < -0.39 is 0 Å². The molecule has 0 bridgehead atoms. The van der Waals surface area contributed by atoms with Gasteiger partial charge < -0.3 is 9.84 Å². The summed E-state index contributed by atoms with van der Waals surface area (Å²) in [6.07, 6.45) is 14.4. The highest BCUT2D eigenvalue weighted by molar-refractivity contribution is 5.75. The van der Waals surface area contributed by atoms with Crippen molar-refractivity contribution in [1.29, 1.82) is 0 Å². The molecule has 0 amide bonds. The number of phenolic OH excluding ortho intramolecular Hbond substituents is 1. The van der Waals surface area contributed by atoms with Gasteiger partial charge in [0.25, 0.3) is 0 Å². The number of aromatic nitrogens is 3. The van der Waals surface area contributed by atoms with Crippen molar-refractivity contribution in [3.8, 4) is 17.2 Å². The lowest BCUT2D eigenvalue weighted by atomic mass is 10.0. The molecule has 3 rings (SSSR count). The van der Waals surface area contributed by atoms with Crippen molar-refractivity contribution in [2.24, 2.45) is 0 Å². The Balaban J connectivity index is 1.50. The second-order valence-corrected chi connectivity index (χ2v) is 8.10. The molecule has 1 aromatic heterocycles. The van der Waals surface area contributed by atoms with Crippen LogP contribution in [0.4, 0.5) is 0 Å². The number of nitrogens with zero attached hydrogens (tertiary/aromatic N) is 3. The van der Waals surface area contributed by atoms with Crippen molar-refractivity contribution in [3.63, 3.8) is 0 Å². The molecule has 0 aliphatic heterocycles. The van der Waals surface area contributed by atoms with Crippen LogP contribution in [0.3, 0.4) is 0 Å². The van der Waals surface area contributed by atoms with Crippen molar-refractivity contribution in [2.75, 3.05) is 7.11 Å². The zero-order chi connectivity index (χ0) is 21.2. The van der Waals surface area contributed by atoms with Crippen molar-refractivity contribution in [2.45, 2.75) is 77.6 Å². The Kier molecular flexibility index (Phi) is 8.54. The van der Waals surface area contributed by atoms with Crippen molar-refractivity contribution in [1.82, 2.24) is 15.0 Å². The average Bonchev–Trinajstić information content (AvgIpc) is 3.19. The minimum Gasteiger partial charge on any atom is -0.506 e. The smallest absolute Gasteiger partial charge is 0.143 e. The SMILES string of the molecule is CCCCCCCCCCCCc1ccc(O)c(-n2nc3ccc(OC)cc3n2)c1. The number of hydrogen-bond donors (Lipinski definition) is 1. The molecule has 0 fully saturated rings. The summed E-state index contributed by atoms with van der Waals surface area (Å²) in [7, 11) is 1.63. The number of aromatic hydroxyl groups is 1. The maximum Gasteiger partial charge on any atom is 0.143 e. The predicted molar refractivity (Wildman–Crippen MR) is 123 cm³/mol. The Morgan fingerprint density at radius 2 is 1.47 bits per heavy atom. The highest BCUT2D eigenvalue weighted by Crippen LogP contribution is 2.25. The van der Waals surface area contributed by atoms with E-state index in [1.165, 1.54) is 74.6 Å². The van der Waals surface area contributed by atoms with E-state index in [-0.39, 0.29) is 5.75 Å². The maximum atomic E-state index is 10.3. The van der Waals surface area contributed by atoms with Crippen LogP contribution >= 0.6 is 0 Å². The van der Waals surface area contributed by atoms with Crippen LogP contribution in [0.15, 0.2) is 36.4 Å². The van der Waals surface area contributed by atoms with Crippen LogP contribution in [-0.2, 0) is 6.42 Å².